The van der Waals surface area contributed by atoms with Gasteiger partial charge < -0.3 is 9.47 Å². The standard InChI is InChI=1S/C15H21N3O/c1-4-18-14-8-6-5-7-13(14)16-15(18)11-12(19)9-10-17(2)3/h5-8H,4,9-11H2,1-3H3. The number of benzene rings is 1. The number of ketones is 1. The van der Waals surface area contributed by atoms with Crippen LogP contribution in [-0.2, 0) is 17.8 Å². The van der Waals surface area contributed by atoms with Gasteiger partial charge in [0.05, 0.1) is 17.5 Å². The smallest absolute Gasteiger partial charge is 0.141 e. The third kappa shape index (κ3) is 3.20. The van der Waals surface area contributed by atoms with E-state index >= 15 is 0 Å². The molecule has 0 fully saturated rings. The zero-order valence-electron chi connectivity index (χ0n) is 11.9. The van der Waals surface area contributed by atoms with Crippen molar-refractivity contribution < 1.29 is 4.79 Å². The van der Waals surface area contributed by atoms with Gasteiger partial charge in [-0.25, -0.2) is 4.98 Å². The second-order valence-corrected chi connectivity index (χ2v) is 5.03. The zero-order chi connectivity index (χ0) is 13.8. The summed E-state index contributed by atoms with van der Waals surface area (Å²) in [6.07, 6.45) is 1.01. The topological polar surface area (TPSA) is 38.1 Å². The Hall–Kier alpha value is -1.68. The van der Waals surface area contributed by atoms with Gasteiger partial charge in [-0.15, -0.1) is 0 Å². The Kier molecular flexibility index (Phi) is 4.32. The third-order valence-corrected chi connectivity index (χ3v) is 3.24. The van der Waals surface area contributed by atoms with Crippen molar-refractivity contribution >= 4 is 16.8 Å². The fourth-order valence-electron chi connectivity index (χ4n) is 2.23. The molecule has 0 N–H and O–H groups in total. The van der Waals surface area contributed by atoms with Gasteiger partial charge in [-0.1, -0.05) is 12.1 Å². The van der Waals surface area contributed by atoms with E-state index in [2.05, 4.69) is 22.5 Å². The molecule has 0 aliphatic heterocycles. The Morgan fingerprint density at radius 2 is 2.05 bits per heavy atom. The first-order chi connectivity index (χ1) is 9.11. The van der Waals surface area contributed by atoms with Gasteiger partial charge in [0, 0.05) is 19.5 Å². The number of carbonyl (C=O) groups excluding carboxylic acids is 1. The summed E-state index contributed by atoms with van der Waals surface area (Å²) >= 11 is 0. The van der Waals surface area contributed by atoms with Crippen LogP contribution in [0.3, 0.4) is 0 Å². The largest absolute Gasteiger partial charge is 0.328 e. The molecule has 0 amide bonds. The summed E-state index contributed by atoms with van der Waals surface area (Å²) in [7, 11) is 3.96. The molecule has 1 aromatic carbocycles. The van der Waals surface area contributed by atoms with Gasteiger partial charge in [-0.05, 0) is 33.2 Å². The lowest BCUT2D eigenvalue weighted by molar-refractivity contribution is -0.118. The summed E-state index contributed by atoms with van der Waals surface area (Å²) < 4.78 is 2.13. The third-order valence-electron chi connectivity index (χ3n) is 3.24. The molecule has 0 unspecified atom stereocenters. The van der Waals surface area contributed by atoms with E-state index in [-0.39, 0.29) is 5.78 Å². The van der Waals surface area contributed by atoms with Gasteiger partial charge in [0.15, 0.2) is 0 Å². The van der Waals surface area contributed by atoms with E-state index in [1.165, 1.54) is 0 Å². The number of imidazole rings is 1. The molecule has 4 heteroatoms. The first kappa shape index (κ1) is 13.7. The fraction of sp³-hybridized carbons (Fsp3) is 0.467. The lowest BCUT2D eigenvalue weighted by Crippen LogP contribution is -2.18. The monoisotopic (exact) mass is 259 g/mol. The minimum Gasteiger partial charge on any atom is -0.328 e. The Bertz CT molecular complexity index is 572. The van der Waals surface area contributed by atoms with Crippen LogP contribution in [0.25, 0.3) is 11.0 Å². The number of Topliss-reactive ketones (excluding diaryl/α,β-unsaturated/α-hetero) is 1. The number of para-hydroxylation sites is 2. The highest BCUT2D eigenvalue weighted by molar-refractivity contribution is 5.82. The highest BCUT2D eigenvalue weighted by Gasteiger charge is 2.12. The van der Waals surface area contributed by atoms with Crippen molar-refractivity contribution in [2.45, 2.75) is 26.3 Å². The molecule has 0 bridgehead atoms. The molecule has 1 aromatic heterocycles. The minimum atomic E-state index is 0.249. The number of nitrogens with zero attached hydrogens (tertiary/aromatic N) is 3. The number of fused-ring (bicyclic) bond motifs is 1. The van der Waals surface area contributed by atoms with Crippen LogP contribution < -0.4 is 0 Å². The van der Waals surface area contributed by atoms with Crippen molar-refractivity contribution in [1.29, 1.82) is 0 Å². The van der Waals surface area contributed by atoms with Gasteiger partial charge in [0.1, 0.15) is 11.6 Å². The van der Waals surface area contributed by atoms with Crippen LogP contribution in [-0.4, -0.2) is 40.9 Å². The Morgan fingerprint density at radius 3 is 2.74 bits per heavy atom. The maximum Gasteiger partial charge on any atom is 0.141 e. The van der Waals surface area contributed by atoms with Gasteiger partial charge in [-0.3, -0.25) is 4.79 Å². The summed E-state index contributed by atoms with van der Waals surface area (Å²) in [6, 6.07) is 8.04. The van der Waals surface area contributed by atoms with E-state index in [1.54, 1.807) is 0 Å². The number of carbonyl (C=O) groups is 1. The van der Waals surface area contributed by atoms with E-state index in [0.29, 0.717) is 12.8 Å². The van der Waals surface area contributed by atoms with Gasteiger partial charge in [0.2, 0.25) is 0 Å². The van der Waals surface area contributed by atoms with Gasteiger partial charge in [-0.2, -0.15) is 0 Å². The van der Waals surface area contributed by atoms with E-state index in [0.717, 1.165) is 29.9 Å². The number of rotatable bonds is 6. The van der Waals surface area contributed by atoms with Crippen LogP contribution in [0.15, 0.2) is 24.3 Å². The van der Waals surface area contributed by atoms with E-state index < -0.39 is 0 Å². The minimum absolute atomic E-state index is 0.249. The van der Waals surface area contributed by atoms with Crippen LogP contribution in [0.1, 0.15) is 19.2 Å². The van der Waals surface area contributed by atoms with Crippen molar-refractivity contribution in [2.24, 2.45) is 0 Å². The normalized spacial score (nSPS) is 11.4. The van der Waals surface area contributed by atoms with E-state index in [9.17, 15) is 4.79 Å². The van der Waals surface area contributed by atoms with Crippen molar-refractivity contribution in [2.75, 3.05) is 20.6 Å². The van der Waals surface area contributed by atoms with E-state index in [4.69, 9.17) is 0 Å². The molecule has 1 heterocycles. The van der Waals surface area contributed by atoms with Crippen molar-refractivity contribution in [1.82, 2.24) is 14.5 Å². The molecule has 0 atom stereocenters. The molecule has 4 nitrogen and oxygen atoms in total. The van der Waals surface area contributed by atoms with Crippen LogP contribution in [0.5, 0.6) is 0 Å². The summed E-state index contributed by atoms with van der Waals surface area (Å²) in [4.78, 5) is 18.6. The predicted molar refractivity (Wildman–Crippen MR) is 77.3 cm³/mol. The molecule has 2 aromatic rings. The number of hydrogen-bond donors (Lipinski definition) is 0. The Labute approximate surface area is 114 Å². The molecule has 0 spiro atoms. The fourth-order valence-corrected chi connectivity index (χ4v) is 2.23. The summed E-state index contributed by atoms with van der Waals surface area (Å²) in [5.74, 6) is 1.13. The van der Waals surface area contributed by atoms with Crippen molar-refractivity contribution in [3.8, 4) is 0 Å². The molecule has 0 saturated heterocycles. The second kappa shape index (κ2) is 5.97. The highest BCUT2D eigenvalue weighted by atomic mass is 16.1. The number of aryl methyl sites for hydroxylation is 1. The van der Waals surface area contributed by atoms with Crippen LogP contribution >= 0.6 is 0 Å². The summed E-state index contributed by atoms with van der Waals surface area (Å²) in [6.45, 7) is 3.73. The average Bonchev–Trinajstić information content (AvgIpc) is 2.73. The van der Waals surface area contributed by atoms with Crippen molar-refractivity contribution in [3.05, 3.63) is 30.1 Å². The maximum atomic E-state index is 12.0. The zero-order valence-corrected chi connectivity index (χ0v) is 11.9. The summed E-state index contributed by atoms with van der Waals surface area (Å²) in [5, 5.41) is 0. The van der Waals surface area contributed by atoms with Crippen molar-refractivity contribution in [3.63, 3.8) is 0 Å². The second-order valence-electron chi connectivity index (χ2n) is 5.03. The molecule has 0 aliphatic carbocycles. The summed E-state index contributed by atoms with van der Waals surface area (Å²) in [5.41, 5.74) is 2.08. The molecule has 0 saturated carbocycles. The molecule has 19 heavy (non-hydrogen) atoms. The first-order valence-electron chi connectivity index (χ1n) is 6.72. The van der Waals surface area contributed by atoms with Gasteiger partial charge in [0.25, 0.3) is 0 Å². The molecule has 2 rings (SSSR count). The SMILES string of the molecule is CCn1c(CC(=O)CCN(C)C)nc2ccccc21. The molecular weight excluding hydrogens is 238 g/mol. The van der Waals surface area contributed by atoms with Crippen LogP contribution in [0.2, 0.25) is 0 Å². The molecular formula is C15H21N3O. The first-order valence-corrected chi connectivity index (χ1v) is 6.72. The molecule has 0 radical (unpaired) electrons. The molecule has 102 valence electrons. The van der Waals surface area contributed by atoms with E-state index in [1.807, 2.05) is 37.2 Å². The quantitative estimate of drug-likeness (QED) is 0.797. The predicted octanol–water partition coefficient (Wildman–Crippen LogP) is 2.12. The number of aromatic nitrogens is 2. The average molecular weight is 259 g/mol. The Morgan fingerprint density at radius 1 is 1.32 bits per heavy atom. The Balaban J connectivity index is 2.18. The van der Waals surface area contributed by atoms with Gasteiger partial charge >= 0.3 is 0 Å². The van der Waals surface area contributed by atoms with Crippen LogP contribution in [0.4, 0.5) is 0 Å². The lowest BCUT2D eigenvalue weighted by atomic mass is 10.2. The van der Waals surface area contributed by atoms with Crippen LogP contribution in [0, 0.1) is 0 Å². The lowest BCUT2D eigenvalue weighted by Gasteiger charge is -2.09. The molecule has 0 aliphatic rings. The highest BCUT2D eigenvalue weighted by Crippen LogP contribution is 2.16. The maximum absolute atomic E-state index is 12.0. The number of hydrogen-bond acceptors (Lipinski definition) is 3.